The van der Waals surface area contributed by atoms with Crippen LogP contribution in [0.4, 0.5) is 8.78 Å². The van der Waals surface area contributed by atoms with Gasteiger partial charge in [0.25, 0.3) is 0 Å². The molecule has 0 saturated heterocycles. The summed E-state index contributed by atoms with van der Waals surface area (Å²) in [6.45, 7) is -2.67. The van der Waals surface area contributed by atoms with Crippen molar-refractivity contribution in [3.05, 3.63) is 66.1 Å². The molecule has 2 heterocycles. The van der Waals surface area contributed by atoms with Gasteiger partial charge in [-0.3, -0.25) is 9.20 Å². The Morgan fingerprint density at radius 3 is 2.81 bits per heavy atom. The Hall–Kier alpha value is -3.29. The van der Waals surface area contributed by atoms with Gasteiger partial charge in [-0.2, -0.15) is 8.78 Å². The van der Waals surface area contributed by atoms with Gasteiger partial charge in [-0.1, -0.05) is 24.3 Å². The normalized spacial score (nSPS) is 11.4. The fourth-order valence-electron chi connectivity index (χ4n) is 2.40. The maximum Gasteiger partial charge on any atom is 0.387 e. The second kappa shape index (κ2) is 7.73. The number of hydrogen-bond donors (Lipinski definition) is 0. The van der Waals surface area contributed by atoms with E-state index in [2.05, 4.69) is 14.9 Å². The minimum atomic E-state index is -2.93. The molecule has 6 nitrogen and oxygen atoms in total. The molecule has 26 heavy (non-hydrogen) atoms. The van der Waals surface area contributed by atoms with Crippen LogP contribution >= 0.6 is 0 Å². The third-order valence-electron chi connectivity index (χ3n) is 3.68. The molecule has 0 aliphatic heterocycles. The van der Waals surface area contributed by atoms with E-state index in [0.29, 0.717) is 17.0 Å². The van der Waals surface area contributed by atoms with Gasteiger partial charge in [0.1, 0.15) is 5.75 Å². The standard InChI is InChI=1S/C18H16F2N4O2/c1-23(12-16-22-21-15-8-4-5-11-24(15)16)17(25)10-9-13-6-2-3-7-14(13)26-18(19)20/h2-11,18H,12H2,1H3/b10-9+. The van der Waals surface area contributed by atoms with Crippen LogP contribution in [0.15, 0.2) is 54.7 Å². The molecule has 0 spiro atoms. The van der Waals surface area contributed by atoms with Crippen LogP contribution in [0.5, 0.6) is 5.75 Å². The molecule has 0 atom stereocenters. The molecule has 0 aliphatic rings. The highest BCUT2D eigenvalue weighted by atomic mass is 19.3. The van der Waals surface area contributed by atoms with Crippen LogP contribution in [0, 0.1) is 0 Å². The van der Waals surface area contributed by atoms with E-state index < -0.39 is 6.61 Å². The van der Waals surface area contributed by atoms with Crippen LogP contribution in [0.3, 0.4) is 0 Å². The zero-order valence-electron chi connectivity index (χ0n) is 13.9. The number of nitrogens with zero attached hydrogens (tertiary/aromatic N) is 4. The van der Waals surface area contributed by atoms with Crippen molar-refractivity contribution in [2.45, 2.75) is 13.2 Å². The van der Waals surface area contributed by atoms with Gasteiger partial charge < -0.3 is 9.64 Å². The number of likely N-dealkylation sites (N-methyl/N-ethyl adjacent to an activating group) is 1. The lowest BCUT2D eigenvalue weighted by Crippen LogP contribution is -2.25. The molecule has 0 aliphatic carbocycles. The summed E-state index contributed by atoms with van der Waals surface area (Å²) in [6, 6.07) is 11.8. The van der Waals surface area contributed by atoms with Gasteiger partial charge in [-0.25, -0.2) is 0 Å². The van der Waals surface area contributed by atoms with Crippen molar-refractivity contribution < 1.29 is 18.3 Å². The first-order chi connectivity index (χ1) is 12.5. The third-order valence-corrected chi connectivity index (χ3v) is 3.68. The molecule has 8 heteroatoms. The first kappa shape index (κ1) is 17.5. The summed E-state index contributed by atoms with van der Waals surface area (Å²) < 4.78 is 31.1. The molecule has 0 unspecified atom stereocenters. The van der Waals surface area contributed by atoms with Crippen molar-refractivity contribution >= 4 is 17.6 Å². The number of rotatable bonds is 6. The van der Waals surface area contributed by atoms with E-state index in [1.165, 1.54) is 23.1 Å². The number of carbonyl (C=O) groups is 1. The summed E-state index contributed by atoms with van der Waals surface area (Å²) in [7, 11) is 1.62. The summed E-state index contributed by atoms with van der Waals surface area (Å²) in [6.07, 6.45) is 4.56. The number of hydrogen-bond acceptors (Lipinski definition) is 4. The topological polar surface area (TPSA) is 59.7 Å². The molecule has 3 aromatic rings. The van der Waals surface area contributed by atoms with E-state index in [1.807, 2.05) is 24.4 Å². The zero-order valence-corrected chi connectivity index (χ0v) is 13.9. The van der Waals surface area contributed by atoms with Crippen LogP contribution in [0.25, 0.3) is 11.7 Å². The van der Waals surface area contributed by atoms with Gasteiger partial charge >= 0.3 is 6.61 Å². The summed E-state index contributed by atoms with van der Waals surface area (Å²) in [5.41, 5.74) is 1.08. The summed E-state index contributed by atoms with van der Waals surface area (Å²) in [4.78, 5) is 13.8. The number of carbonyl (C=O) groups excluding carboxylic acids is 1. The van der Waals surface area contributed by atoms with Gasteiger partial charge in [0, 0.05) is 24.9 Å². The number of benzene rings is 1. The number of aromatic nitrogens is 3. The predicted octanol–water partition coefficient (Wildman–Crippen LogP) is 3.00. The highest BCUT2D eigenvalue weighted by Gasteiger charge is 2.12. The van der Waals surface area contributed by atoms with E-state index >= 15 is 0 Å². The number of pyridine rings is 1. The van der Waals surface area contributed by atoms with Gasteiger partial charge in [-0.15, -0.1) is 10.2 Å². The monoisotopic (exact) mass is 358 g/mol. The highest BCUT2D eigenvalue weighted by Crippen LogP contribution is 2.21. The lowest BCUT2D eigenvalue weighted by Gasteiger charge is -2.14. The van der Waals surface area contributed by atoms with E-state index in [1.54, 1.807) is 29.6 Å². The second-order valence-electron chi connectivity index (χ2n) is 5.49. The maximum atomic E-state index is 12.4. The minimum absolute atomic E-state index is 0.0117. The molecule has 1 amide bonds. The first-order valence-electron chi connectivity index (χ1n) is 7.80. The van der Waals surface area contributed by atoms with Gasteiger partial charge in [0.2, 0.25) is 5.91 Å². The summed E-state index contributed by atoms with van der Waals surface area (Å²) >= 11 is 0. The molecule has 134 valence electrons. The first-order valence-corrected chi connectivity index (χ1v) is 7.80. The predicted molar refractivity (Wildman–Crippen MR) is 91.6 cm³/mol. The average Bonchev–Trinajstić information content (AvgIpc) is 3.03. The lowest BCUT2D eigenvalue weighted by molar-refractivity contribution is -0.125. The van der Waals surface area contributed by atoms with Gasteiger partial charge in [0.15, 0.2) is 11.5 Å². The molecule has 0 bridgehead atoms. The number of amides is 1. The molecule has 0 fully saturated rings. The van der Waals surface area contributed by atoms with Crippen molar-refractivity contribution in [3.8, 4) is 5.75 Å². The SMILES string of the molecule is CN(Cc1nnc2ccccn12)C(=O)/C=C/c1ccccc1OC(F)F. The third kappa shape index (κ3) is 4.02. The molecule has 0 N–H and O–H groups in total. The average molecular weight is 358 g/mol. The molecule has 1 aromatic carbocycles. The van der Waals surface area contributed by atoms with E-state index in [0.717, 1.165) is 0 Å². The van der Waals surface area contributed by atoms with Crippen molar-refractivity contribution in [1.29, 1.82) is 0 Å². The summed E-state index contributed by atoms with van der Waals surface area (Å²) in [5, 5.41) is 8.11. The smallest absolute Gasteiger partial charge is 0.387 e. The fourth-order valence-corrected chi connectivity index (χ4v) is 2.40. The molecular formula is C18H16F2N4O2. The van der Waals surface area contributed by atoms with Gasteiger partial charge in [0.05, 0.1) is 6.54 Å². The second-order valence-corrected chi connectivity index (χ2v) is 5.49. The van der Waals surface area contributed by atoms with Crippen LogP contribution < -0.4 is 4.74 Å². The molecule has 0 radical (unpaired) electrons. The van der Waals surface area contributed by atoms with Crippen LogP contribution in [-0.4, -0.2) is 39.1 Å². The van der Waals surface area contributed by atoms with Gasteiger partial charge in [-0.05, 0) is 24.3 Å². The van der Waals surface area contributed by atoms with E-state index in [-0.39, 0.29) is 18.2 Å². The zero-order chi connectivity index (χ0) is 18.5. The quantitative estimate of drug-likeness (QED) is 0.636. The Labute approximate surface area is 148 Å². The summed E-state index contributed by atoms with van der Waals surface area (Å²) in [5.74, 6) is 0.327. The largest absolute Gasteiger partial charge is 0.434 e. The minimum Gasteiger partial charge on any atom is -0.434 e. The number of fused-ring (bicyclic) bond motifs is 1. The van der Waals surface area contributed by atoms with Crippen molar-refractivity contribution in [3.63, 3.8) is 0 Å². The number of para-hydroxylation sites is 1. The lowest BCUT2D eigenvalue weighted by atomic mass is 10.2. The van der Waals surface area contributed by atoms with Crippen LogP contribution in [-0.2, 0) is 11.3 Å². The Bertz CT molecular complexity index is 940. The fraction of sp³-hybridized carbons (Fsp3) is 0.167. The Balaban J connectivity index is 1.71. The molecule has 2 aromatic heterocycles. The number of halogens is 2. The van der Waals surface area contributed by atoms with E-state index in [9.17, 15) is 13.6 Å². The Morgan fingerprint density at radius 1 is 1.23 bits per heavy atom. The molecule has 3 rings (SSSR count). The van der Waals surface area contributed by atoms with Crippen molar-refractivity contribution in [2.24, 2.45) is 0 Å². The number of ether oxygens (including phenoxy) is 1. The maximum absolute atomic E-state index is 12.4. The number of alkyl halides is 2. The van der Waals surface area contributed by atoms with Crippen LogP contribution in [0.1, 0.15) is 11.4 Å². The van der Waals surface area contributed by atoms with E-state index in [4.69, 9.17) is 0 Å². The van der Waals surface area contributed by atoms with Crippen molar-refractivity contribution in [2.75, 3.05) is 7.05 Å². The Kier molecular flexibility index (Phi) is 5.21. The van der Waals surface area contributed by atoms with Crippen molar-refractivity contribution in [1.82, 2.24) is 19.5 Å². The molecule has 0 saturated carbocycles. The molecular weight excluding hydrogens is 342 g/mol. The van der Waals surface area contributed by atoms with Crippen LogP contribution in [0.2, 0.25) is 0 Å². The Morgan fingerprint density at radius 2 is 2.00 bits per heavy atom. The highest BCUT2D eigenvalue weighted by molar-refractivity contribution is 5.91.